The SMILES string of the molecule is Cc1oc2nc[nH]c(=O)c2c1C(=O)NCC1(c2ccc(F)cc2)CCCC1. The van der Waals surface area contributed by atoms with Crippen molar-refractivity contribution in [2.45, 2.75) is 38.0 Å². The summed E-state index contributed by atoms with van der Waals surface area (Å²) < 4.78 is 18.8. The van der Waals surface area contributed by atoms with Gasteiger partial charge in [-0.15, -0.1) is 0 Å². The number of carbonyl (C=O) groups is 1. The van der Waals surface area contributed by atoms with E-state index < -0.39 is 5.56 Å². The predicted octanol–water partition coefficient (Wildman–Crippen LogP) is 3.21. The standard InChI is InChI=1S/C20H20FN3O3/c1-12-15(16-18(26)23-11-24-19(16)27-12)17(25)22-10-20(8-2-3-9-20)13-4-6-14(21)7-5-13/h4-7,11H,2-3,8-10H2,1H3,(H,22,25)(H,23,24,26). The van der Waals surface area contributed by atoms with E-state index in [0.717, 1.165) is 31.2 Å². The van der Waals surface area contributed by atoms with E-state index in [1.54, 1.807) is 19.1 Å². The molecule has 1 saturated carbocycles. The average molecular weight is 369 g/mol. The smallest absolute Gasteiger partial charge is 0.262 e. The predicted molar refractivity (Wildman–Crippen MR) is 98.2 cm³/mol. The van der Waals surface area contributed by atoms with Gasteiger partial charge in [-0.3, -0.25) is 9.59 Å². The van der Waals surface area contributed by atoms with Crippen LogP contribution < -0.4 is 10.9 Å². The van der Waals surface area contributed by atoms with E-state index in [1.165, 1.54) is 18.5 Å². The number of hydrogen-bond acceptors (Lipinski definition) is 4. The molecule has 27 heavy (non-hydrogen) atoms. The zero-order valence-electron chi connectivity index (χ0n) is 15.0. The fraction of sp³-hybridized carbons (Fsp3) is 0.350. The third kappa shape index (κ3) is 3.03. The molecule has 1 aromatic carbocycles. The van der Waals surface area contributed by atoms with Crippen LogP contribution in [0.3, 0.4) is 0 Å². The molecule has 0 spiro atoms. The molecule has 0 radical (unpaired) electrons. The normalized spacial score (nSPS) is 15.9. The van der Waals surface area contributed by atoms with Crippen LogP contribution in [0.2, 0.25) is 0 Å². The van der Waals surface area contributed by atoms with Gasteiger partial charge in [-0.05, 0) is 37.5 Å². The zero-order chi connectivity index (χ0) is 19.0. The number of benzene rings is 1. The van der Waals surface area contributed by atoms with Crippen molar-refractivity contribution in [3.8, 4) is 0 Å². The van der Waals surface area contributed by atoms with Crippen LogP contribution in [0.1, 0.15) is 47.4 Å². The Kier molecular flexibility index (Phi) is 4.30. The number of halogens is 1. The molecule has 3 aromatic rings. The Balaban J connectivity index is 1.62. The van der Waals surface area contributed by atoms with Crippen LogP contribution >= 0.6 is 0 Å². The Morgan fingerprint density at radius 1 is 1.30 bits per heavy atom. The van der Waals surface area contributed by atoms with E-state index in [-0.39, 0.29) is 33.8 Å². The molecular formula is C20H20FN3O3. The number of aromatic nitrogens is 2. The number of nitrogens with zero attached hydrogens (tertiary/aromatic N) is 1. The van der Waals surface area contributed by atoms with Crippen LogP contribution in [-0.2, 0) is 5.41 Å². The van der Waals surface area contributed by atoms with Gasteiger partial charge in [0.1, 0.15) is 17.0 Å². The Morgan fingerprint density at radius 2 is 2.00 bits per heavy atom. The van der Waals surface area contributed by atoms with E-state index in [1.807, 2.05) is 0 Å². The molecule has 0 unspecified atom stereocenters. The first-order valence-corrected chi connectivity index (χ1v) is 9.01. The van der Waals surface area contributed by atoms with Gasteiger partial charge >= 0.3 is 0 Å². The number of hydrogen-bond donors (Lipinski definition) is 2. The summed E-state index contributed by atoms with van der Waals surface area (Å²) in [6, 6.07) is 6.49. The van der Waals surface area contributed by atoms with Gasteiger partial charge in [0, 0.05) is 12.0 Å². The monoisotopic (exact) mass is 369 g/mol. The molecule has 140 valence electrons. The van der Waals surface area contributed by atoms with Crippen LogP contribution in [0.5, 0.6) is 0 Å². The second-order valence-electron chi connectivity index (χ2n) is 7.12. The molecule has 1 fully saturated rings. The van der Waals surface area contributed by atoms with Gasteiger partial charge in [0.15, 0.2) is 0 Å². The molecule has 1 amide bonds. The second-order valence-corrected chi connectivity index (χ2v) is 7.12. The third-order valence-corrected chi connectivity index (χ3v) is 5.50. The molecule has 0 atom stereocenters. The summed E-state index contributed by atoms with van der Waals surface area (Å²) in [5, 5.41) is 3.13. The largest absolute Gasteiger partial charge is 0.442 e. The molecule has 0 saturated heterocycles. The Morgan fingerprint density at radius 3 is 2.70 bits per heavy atom. The summed E-state index contributed by atoms with van der Waals surface area (Å²) in [4.78, 5) is 31.4. The summed E-state index contributed by atoms with van der Waals surface area (Å²) in [7, 11) is 0. The number of aromatic amines is 1. The highest BCUT2D eigenvalue weighted by atomic mass is 19.1. The molecule has 2 N–H and O–H groups in total. The van der Waals surface area contributed by atoms with Crippen molar-refractivity contribution in [3.63, 3.8) is 0 Å². The maximum absolute atomic E-state index is 13.3. The van der Waals surface area contributed by atoms with Gasteiger partial charge in [-0.1, -0.05) is 25.0 Å². The minimum atomic E-state index is -0.406. The van der Waals surface area contributed by atoms with Crippen LogP contribution in [0.25, 0.3) is 11.1 Å². The van der Waals surface area contributed by atoms with Crippen molar-refractivity contribution in [1.29, 1.82) is 0 Å². The van der Waals surface area contributed by atoms with E-state index in [2.05, 4.69) is 15.3 Å². The summed E-state index contributed by atoms with van der Waals surface area (Å²) in [6.45, 7) is 2.06. The average Bonchev–Trinajstić information content (AvgIpc) is 3.26. The number of carbonyl (C=O) groups excluding carboxylic acids is 1. The topological polar surface area (TPSA) is 88.0 Å². The molecular weight excluding hydrogens is 349 g/mol. The van der Waals surface area contributed by atoms with Gasteiger partial charge < -0.3 is 14.7 Å². The molecule has 4 rings (SSSR count). The Bertz CT molecular complexity index is 1050. The summed E-state index contributed by atoms with van der Waals surface area (Å²) >= 11 is 0. The zero-order valence-corrected chi connectivity index (χ0v) is 15.0. The minimum Gasteiger partial charge on any atom is -0.442 e. The van der Waals surface area contributed by atoms with Crippen LogP contribution in [0.4, 0.5) is 4.39 Å². The third-order valence-electron chi connectivity index (χ3n) is 5.50. The van der Waals surface area contributed by atoms with E-state index in [4.69, 9.17) is 4.42 Å². The van der Waals surface area contributed by atoms with Crippen molar-refractivity contribution in [1.82, 2.24) is 15.3 Å². The number of rotatable bonds is 4. The van der Waals surface area contributed by atoms with Gasteiger partial charge in [0.2, 0.25) is 5.71 Å². The molecule has 2 aromatic heterocycles. The highest BCUT2D eigenvalue weighted by Crippen LogP contribution is 2.40. The van der Waals surface area contributed by atoms with Crippen molar-refractivity contribution < 1.29 is 13.6 Å². The maximum atomic E-state index is 13.3. The molecule has 0 bridgehead atoms. The number of furan rings is 1. The first kappa shape index (κ1) is 17.5. The first-order chi connectivity index (χ1) is 13.0. The van der Waals surface area contributed by atoms with Crippen molar-refractivity contribution in [2.24, 2.45) is 0 Å². The van der Waals surface area contributed by atoms with Gasteiger partial charge in [0.05, 0.1) is 11.9 Å². The number of amides is 1. The van der Waals surface area contributed by atoms with Crippen molar-refractivity contribution >= 4 is 17.0 Å². The molecule has 7 heteroatoms. The summed E-state index contributed by atoms with van der Waals surface area (Å²) in [6.07, 6.45) is 5.21. The molecule has 1 aliphatic carbocycles. The molecule has 1 aliphatic rings. The van der Waals surface area contributed by atoms with E-state index in [0.29, 0.717) is 12.3 Å². The lowest BCUT2D eigenvalue weighted by Crippen LogP contribution is -2.39. The summed E-state index contributed by atoms with van der Waals surface area (Å²) in [5.74, 6) is -0.282. The number of aryl methyl sites for hydroxylation is 1. The lowest BCUT2D eigenvalue weighted by Gasteiger charge is -2.30. The van der Waals surface area contributed by atoms with Crippen LogP contribution in [0.15, 0.2) is 39.8 Å². The highest BCUT2D eigenvalue weighted by Gasteiger charge is 2.36. The Labute approximate surface area is 154 Å². The maximum Gasteiger partial charge on any atom is 0.262 e. The number of fused-ring (bicyclic) bond motifs is 1. The first-order valence-electron chi connectivity index (χ1n) is 9.01. The summed E-state index contributed by atoms with van der Waals surface area (Å²) in [5.41, 5.74) is 0.759. The fourth-order valence-electron chi connectivity index (χ4n) is 4.09. The lowest BCUT2D eigenvalue weighted by atomic mass is 9.78. The van der Waals surface area contributed by atoms with Crippen LogP contribution in [-0.4, -0.2) is 22.4 Å². The quantitative estimate of drug-likeness (QED) is 0.739. The van der Waals surface area contributed by atoms with E-state index >= 15 is 0 Å². The number of H-pyrrole nitrogens is 1. The van der Waals surface area contributed by atoms with E-state index in [9.17, 15) is 14.0 Å². The second kappa shape index (κ2) is 6.64. The Hall–Kier alpha value is -2.96. The van der Waals surface area contributed by atoms with Gasteiger partial charge in [-0.25, -0.2) is 9.37 Å². The van der Waals surface area contributed by atoms with Gasteiger partial charge in [0.25, 0.3) is 11.5 Å². The van der Waals surface area contributed by atoms with Gasteiger partial charge in [-0.2, -0.15) is 0 Å². The van der Waals surface area contributed by atoms with Crippen molar-refractivity contribution in [3.05, 3.63) is 63.7 Å². The van der Waals surface area contributed by atoms with Crippen molar-refractivity contribution in [2.75, 3.05) is 6.54 Å². The minimum absolute atomic E-state index is 0.149. The molecule has 0 aliphatic heterocycles. The fourth-order valence-corrected chi connectivity index (χ4v) is 4.09. The molecule has 6 nitrogen and oxygen atoms in total. The van der Waals surface area contributed by atoms with Crippen LogP contribution in [0, 0.1) is 12.7 Å². The lowest BCUT2D eigenvalue weighted by molar-refractivity contribution is 0.0943. The molecule has 2 heterocycles. The highest BCUT2D eigenvalue weighted by molar-refractivity contribution is 6.06. The number of nitrogens with one attached hydrogen (secondary N) is 2.